The molecule has 0 aliphatic rings. The number of nitrogens with one attached hydrogen (secondary N) is 1. The van der Waals surface area contributed by atoms with Gasteiger partial charge in [-0.05, 0) is 61.9 Å². The van der Waals surface area contributed by atoms with Crippen molar-refractivity contribution >= 4 is 23.3 Å². The fraction of sp³-hybridized carbons (Fsp3) is 0.192. The van der Waals surface area contributed by atoms with Crippen LogP contribution in [-0.4, -0.2) is 29.4 Å². The van der Waals surface area contributed by atoms with Crippen LogP contribution in [0.3, 0.4) is 0 Å². The van der Waals surface area contributed by atoms with Crippen molar-refractivity contribution in [1.29, 1.82) is 5.26 Å². The summed E-state index contributed by atoms with van der Waals surface area (Å²) in [5, 5.41) is 12.1. The largest absolute Gasteiger partial charge is 0.449 e. The maximum Gasteiger partial charge on any atom is 0.338 e. The molecule has 0 radical (unpaired) electrons. The number of likely N-dealkylation sites (N-methyl/N-ethyl adjacent to an activating group) is 1. The third kappa shape index (κ3) is 5.96. The van der Waals surface area contributed by atoms with Gasteiger partial charge in [0.25, 0.3) is 5.91 Å². The molecule has 3 aromatic rings. The molecule has 1 atom stereocenters. The lowest BCUT2D eigenvalue weighted by Gasteiger charge is -2.24. The molecule has 0 bridgehead atoms. The molecule has 0 saturated carbocycles. The Balaban J connectivity index is 1.63. The average Bonchev–Trinajstić information content (AvgIpc) is 2.83. The normalized spacial score (nSPS) is 11.2. The molecular formula is C26H25N3O3. The minimum absolute atomic E-state index is 0.239. The number of carbonyl (C=O) groups is 2. The Kier molecular flexibility index (Phi) is 7.60. The number of hydrogen-bond acceptors (Lipinski definition) is 5. The smallest absolute Gasteiger partial charge is 0.338 e. The fourth-order valence-electron chi connectivity index (χ4n) is 3.20. The quantitative estimate of drug-likeness (QED) is 0.517. The predicted octanol–water partition coefficient (Wildman–Crippen LogP) is 4.90. The van der Waals surface area contributed by atoms with Crippen LogP contribution in [0.25, 0.3) is 0 Å². The van der Waals surface area contributed by atoms with Crippen LogP contribution in [0.4, 0.5) is 11.4 Å². The van der Waals surface area contributed by atoms with Crippen molar-refractivity contribution in [2.75, 3.05) is 11.9 Å². The number of carbonyl (C=O) groups excluding carboxylic acids is 2. The first-order chi connectivity index (χ1) is 15.5. The van der Waals surface area contributed by atoms with Crippen molar-refractivity contribution < 1.29 is 14.3 Å². The highest BCUT2D eigenvalue weighted by Gasteiger charge is 2.23. The van der Waals surface area contributed by atoms with Crippen molar-refractivity contribution in [2.45, 2.75) is 26.5 Å². The molecule has 0 heterocycles. The first kappa shape index (κ1) is 22.6. The third-order valence-corrected chi connectivity index (χ3v) is 4.94. The molecule has 0 aliphatic carbocycles. The average molecular weight is 428 g/mol. The van der Waals surface area contributed by atoms with Crippen molar-refractivity contribution in [3.8, 4) is 6.07 Å². The topological polar surface area (TPSA) is 82.4 Å². The second kappa shape index (κ2) is 10.8. The molecular weight excluding hydrogens is 402 g/mol. The lowest BCUT2D eigenvalue weighted by atomic mass is 10.1. The number of amides is 1. The van der Waals surface area contributed by atoms with Crippen molar-refractivity contribution in [3.63, 3.8) is 0 Å². The summed E-state index contributed by atoms with van der Waals surface area (Å²) >= 11 is 0. The molecule has 1 N–H and O–H groups in total. The molecule has 162 valence electrons. The van der Waals surface area contributed by atoms with Gasteiger partial charge in [0.05, 0.1) is 17.2 Å². The summed E-state index contributed by atoms with van der Waals surface area (Å²) in [5.74, 6) is -0.804. The maximum atomic E-state index is 12.8. The Hall–Kier alpha value is -4.11. The second-order valence-electron chi connectivity index (χ2n) is 7.28. The second-order valence-corrected chi connectivity index (χ2v) is 7.28. The summed E-state index contributed by atoms with van der Waals surface area (Å²) in [4.78, 5) is 27.1. The summed E-state index contributed by atoms with van der Waals surface area (Å²) in [6.07, 6.45) is -0.902. The monoisotopic (exact) mass is 427 g/mol. The van der Waals surface area contributed by atoms with Crippen LogP contribution in [0.5, 0.6) is 0 Å². The molecule has 1 amide bonds. The summed E-state index contributed by atoms with van der Waals surface area (Å²) in [7, 11) is 0. The fourth-order valence-corrected chi connectivity index (χ4v) is 3.20. The van der Waals surface area contributed by atoms with Gasteiger partial charge in [0.1, 0.15) is 0 Å². The van der Waals surface area contributed by atoms with Crippen molar-refractivity contribution in [1.82, 2.24) is 4.90 Å². The molecule has 1 unspecified atom stereocenters. The minimum Gasteiger partial charge on any atom is -0.449 e. The molecule has 32 heavy (non-hydrogen) atoms. The van der Waals surface area contributed by atoms with E-state index < -0.39 is 12.1 Å². The highest BCUT2D eigenvalue weighted by Crippen LogP contribution is 2.19. The van der Waals surface area contributed by atoms with E-state index >= 15 is 0 Å². The van der Waals surface area contributed by atoms with Gasteiger partial charge in [0.2, 0.25) is 0 Å². The first-order valence-corrected chi connectivity index (χ1v) is 10.4. The molecule has 0 aliphatic heterocycles. The zero-order chi connectivity index (χ0) is 22.9. The standard InChI is InChI=1S/C26H25N3O3/c1-3-29(18-21-8-5-4-6-9-21)25(30)19(2)32-26(31)22-10-7-11-24(16-22)28-23-14-12-20(17-27)13-15-23/h4-16,19,28H,3,18H2,1-2H3. The maximum absolute atomic E-state index is 12.8. The van der Waals surface area contributed by atoms with Gasteiger partial charge in [-0.25, -0.2) is 4.79 Å². The van der Waals surface area contributed by atoms with Crippen molar-refractivity contribution in [2.24, 2.45) is 0 Å². The lowest BCUT2D eigenvalue weighted by Crippen LogP contribution is -2.39. The SMILES string of the molecule is CCN(Cc1ccccc1)C(=O)C(C)OC(=O)c1cccc(Nc2ccc(C#N)cc2)c1. The molecule has 0 saturated heterocycles. The van der Waals surface area contributed by atoms with Gasteiger partial charge < -0.3 is 15.0 Å². The Labute approximate surface area is 188 Å². The van der Waals surface area contributed by atoms with Crippen LogP contribution < -0.4 is 5.32 Å². The molecule has 6 nitrogen and oxygen atoms in total. The van der Waals surface area contributed by atoms with E-state index in [-0.39, 0.29) is 5.91 Å². The third-order valence-electron chi connectivity index (χ3n) is 4.94. The van der Waals surface area contributed by atoms with Crippen molar-refractivity contribution in [3.05, 3.63) is 95.6 Å². The number of nitrogens with zero attached hydrogens (tertiary/aromatic N) is 2. The van der Waals surface area contributed by atoms with Crippen LogP contribution in [-0.2, 0) is 16.1 Å². The number of esters is 1. The van der Waals surface area contributed by atoms with Gasteiger partial charge >= 0.3 is 5.97 Å². The summed E-state index contributed by atoms with van der Waals surface area (Å²) in [5.41, 5.74) is 3.41. The number of anilines is 2. The van der Waals surface area contributed by atoms with E-state index in [1.165, 1.54) is 0 Å². The Morgan fingerprint density at radius 3 is 2.38 bits per heavy atom. The van der Waals surface area contributed by atoms with E-state index in [4.69, 9.17) is 10.00 Å². The Morgan fingerprint density at radius 1 is 1.00 bits per heavy atom. The first-order valence-electron chi connectivity index (χ1n) is 10.4. The van der Waals surface area contributed by atoms with Crippen LogP contribution in [0, 0.1) is 11.3 Å². The highest BCUT2D eigenvalue weighted by atomic mass is 16.5. The highest BCUT2D eigenvalue weighted by molar-refractivity contribution is 5.93. The number of benzene rings is 3. The van der Waals surface area contributed by atoms with Gasteiger partial charge in [-0.2, -0.15) is 5.26 Å². The molecule has 0 aromatic heterocycles. The zero-order valence-corrected chi connectivity index (χ0v) is 18.1. The number of hydrogen-bond donors (Lipinski definition) is 1. The van der Waals surface area contributed by atoms with E-state index in [9.17, 15) is 9.59 Å². The minimum atomic E-state index is -0.902. The predicted molar refractivity (Wildman–Crippen MR) is 123 cm³/mol. The van der Waals surface area contributed by atoms with Gasteiger partial charge in [-0.1, -0.05) is 36.4 Å². The molecule has 0 fully saturated rings. The van der Waals surface area contributed by atoms with Gasteiger partial charge in [0, 0.05) is 24.5 Å². The Morgan fingerprint density at radius 2 is 1.72 bits per heavy atom. The van der Waals surface area contributed by atoms with Gasteiger partial charge in [-0.15, -0.1) is 0 Å². The van der Waals surface area contributed by atoms with Gasteiger partial charge in [-0.3, -0.25) is 4.79 Å². The summed E-state index contributed by atoms with van der Waals surface area (Å²) in [6, 6.07) is 25.6. The summed E-state index contributed by atoms with van der Waals surface area (Å²) in [6.45, 7) is 4.46. The van der Waals surface area contributed by atoms with E-state index in [2.05, 4.69) is 11.4 Å². The molecule has 6 heteroatoms. The molecule has 3 rings (SSSR count). The Bertz CT molecular complexity index is 1110. The van der Waals surface area contributed by atoms with Crippen LogP contribution >= 0.6 is 0 Å². The van der Waals surface area contributed by atoms with Crippen LogP contribution in [0.15, 0.2) is 78.9 Å². The van der Waals surface area contributed by atoms with Crippen LogP contribution in [0.2, 0.25) is 0 Å². The van der Waals surface area contributed by atoms with Crippen LogP contribution in [0.1, 0.15) is 35.3 Å². The number of nitriles is 1. The van der Waals surface area contributed by atoms with E-state index in [1.54, 1.807) is 54.3 Å². The number of rotatable bonds is 8. The summed E-state index contributed by atoms with van der Waals surface area (Å²) < 4.78 is 5.46. The molecule has 0 spiro atoms. The number of ether oxygens (including phenoxy) is 1. The van der Waals surface area contributed by atoms with E-state index in [0.717, 1.165) is 11.3 Å². The molecule has 3 aromatic carbocycles. The van der Waals surface area contributed by atoms with E-state index in [0.29, 0.717) is 29.9 Å². The zero-order valence-electron chi connectivity index (χ0n) is 18.1. The van der Waals surface area contributed by atoms with Gasteiger partial charge in [0.15, 0.2) is 6.10 Å². The van der Waals surface area contributed by atoms with E-state index in [1.807, 2.05) is 43.3 Å². The lowest BCUT2D eigenvalue weighted by molar-refractivity contribution is -0.140.